The van der Waals surface area contributed by atoms with E-state index < -0.39 is 6.10 Å². The first-order valence-corrected chi connectivity index (χ1v) is 10.8. The Labute approximate surface area is 172 Å². The second-order valence-corrected chi connectivity index (χ2v) is 9.12. The van der Waals surface area contributed by atoms with Crippen molar-refractivity contribution in [3.63, 3.8) is 0 Å². The molecular weight excluding hydrogens is 394 g/mol. The molecule has 1 saturated heterocycles. The molecule has 2 aromatic heterocycles. The van der Waals surface area contributed by atoms with Crippen LogP contribution < -0.4 is 4.74 Å². The summed E-state index contributed by atoms with van der Waals surface area (Å²) >= 11 is 8.08. The Morgan fingerprint density at radius 3 is 2.86 bits per heavy atom. The van der Waals surface area contributed by atoms with Crippen molar-refractivity contribution >= 4 is 39.1 Å². The summed E-state index contributed by atoms with van der Waals surface area (Å²) in [6, 6.07) is 5.84. The molecule has 0 spiro atoms. The van der Waals surface area contributed by atoms with E-state index in [0.29, 0.717) is 11.4 Å². The summed E-state index contributed by atoms with van der Waals surface area (Å²) in [5.41, 5.74) is 3.54. The summed E-state index contributed by atoms with van der Waals surface area (Å²) < 4.78 is 7.23. The van der Waals surface area contributed by atoms with Crippen molar-refractivity contribution in [2.75, 3.05) is 13.1 Å². The largest absolute Gasteiger partial charge is 0.479 e. The van der Waals surface area contributed by atoms with Gasteiger partial charge in [-0.1, -0.05) is 11.6 Å². The maximum absolute atomic E-state index is 13.0. The van der Waals surface area contributed by atoms with Crippen LogP contribution in [0, 0.1) is 6.92 Å². The van der Waals surface area contributed by atoms with Crippen LogP contribution in [-0.4, -0.2) is 40.0 Å². The zero-order chi connectivity index (χ0) is 19.3. The van der Waals surface area contributed by atoms with E-state index in [1.54, 1.807) is 17.7 Å². The average molecular weight is 414 g/mol. The summed E-state index contributed by atoms with van der Waals surface area (Å²) in [4.78, 5) is 25.0. The minimum atomic E-state index is -0.479. The van der Waals surface area contributed by atoms with E-state index in [1.165, 1.54) is 11.3 Å². The lowest BCUT2D eigenvalue weighted by Gasteiger charge is -2.28. The van der Waals surface area contributed by atoms with Gasteiger partial charge >= 0.3 is 0 Å². The number of hydrogen-bond donors (Lipinski definition) is 0. The number of thiophene rings is 1. The predicted molar refractivity (Wildman–Crippen MR) is 111 cm³/mol. The number of aryl methyl sites for hydroxylation is 1. The molecule has 1 unspecified atom stereocenters. The summed E-state index contributed by atoms with van der Waals surface area (Å²) in [5, 5.41) is 0.628. The highest BCUT2D eigenvalue weighted by Gasteiger charge is 2.35. The van der Waals surface area contributed by atoms with Gasteiger partial charge in [0.2, 0.25) is 0 Å². The second-order valence-electron chi connectivity index (χ2n) is 7.43. The lowest BCUT2D eigenvalue weighted by atomic mass is 10.0. The van der Waals surface area contributed by atoms with E-state index >= 15 is 0 Å². The van der Waals surface area contributed by atoms with Crippen LogP contribution in [0.5, 0.6) is 5.75 Å². The number of nitrogens with zero attached hydrogens (tertiary/aromatic N) is 3. The van der Waals surface area contributed by atoms with E-state index in [0.717, 1.165) is 58.7 Å². The molecule has 28 heavy (non-hydrogen) atoms. The van der Waals surface area contributed by atoms with Gasteiger partial charge in [0.05, 0.1) is 15.9 Å². The molecule has 7 heteroatoms. The molecule has 3 aromatic rings. The molecule has 2 aliphatic rings. The van der Waals surface area contributed by atoms with Crippen molar-refractivity contribution in [2.45, 2.75) is 38.7 Å². The normalized spacial score (nSPS) is 18.9. The predicted octanol–water partition coefficient (Wildman–Crippen LogP) is 4.64. The molecule has 0 N–H and O–H groups in total. The number of carbonyl (C=O) groups excluding carboxylic acids is 1. The quantitative estimate of drug-likeness (QED) is 0.614. The molecular formula is C21H20ClN3O2S. The van der Waals surface area contributed by atoms with Crippen molar-refractivity contribution in [3.05, 3.63) is 40.0 Å². The number of benzene rings is 1. The van der Waals surface area contributed by atoms with Gasteiger partial charge in [-0.05, 0) is 44.4 Å². The number of amides is 1. The Hall–Kier alpha value is -2.18. The van der Waals surface area contributed by atoms with Gasteiger partial charge in [0.15, 0.2) is 6.10 Å². The number of halogens is 1. The van der Waals surface area contributed by atoms with E-state index in [9.17, 15) is 4.79 Å². The second kappa shape index (κ2) is 7.01. The minimum absolute atomic E-state index is 0.0813. The molecule has 144 valence electrons. The molecule has 4 heterocycles. The molecule has 1 fully saturated rings. The van der Waals surface area contributed by atoms with Gasteiger partial charge in [-0.25, -0.2) is 9.97 Å². The Bertz CT molecular complexity index is 1070. The van der Waals surface area contributed by atoms with Gasteiger partial charge in [0, 0.05) is 40.5 Å². The van der Waals surface area contributed by atoms with E-state index in [1.807, 2.05) is 17.0 Å². The van der Waals surface area contributed by atoms with E-state index in [-0.39, 0.29) is 5.91 Å². The summed E-state index contributed by atoms with van der Waals surface area (Å²) in [5.74, 6) is 0.809. The smallest absolute Gasteiger partial charge is 0.263 e. The third kappa shape index (κ3) is 3.05. The van der Waals surface area contributed by atoms with Gasteiger partial charge in [-0.3, -0.25) is 4.79 Å². The lowest BCUT2D eigenvalue weighted by molar-refractivity contribution is -0.138. The minimum Gasteiger partial charge on any atom is -0.479 e. The third-order valence-corrected chi connectivity index (χ3v) is 6.69. The Morgan fingerprint density at radius 2 is 2.04 bits per heavy atom. The summed E-state index contributed by atoms with van der Waals surface area (Å²) in [6.45, 7) is 3.70. The lowest BCUT2D eigenvalue weighted by Crippen LogP contribution is -2.43. The van der Waals surface area contributed by atoms with Crippen LogP contribution in [0.25, 0.3) is 21.5 Å². The van der Waals surface area contributed by atoms with Crippen LogP contribution in [0.3, 0.4) is 0 Å². The maximum Gasteiger partial charge on any atom is 0.263 e. The first kappa shape index (κ1) is 17.9. The molecule has 2 aliphatic heterocycles. The van der Waals surface area contributed by atoms with Crippen LogP contribution >= 0.6 is 22.9 Å². The van der Waals surface area contributed by atoms with Crippen LogP contribution in [0.2, 0.25) is 5.02 Å². The molecule has 5 nitrogen and oxygen atoms in total. The molecule has 1 aromatic carbocycles. The number of hydrogen-bond acceptors (Lipinski definition) is 5. The topological polar surface area (TPSA) is 55.3 Å². The average Bonchev–Trinajstić information content (AvgIpc) is 3.29. The van der Waals surface area contributed by atoms with Gasteiger partial charge in [0.1, 0.15) is 12.1 Å². The number of fused-ring (bicyclic) bond motifs is 2. The zero-order valence-corrected chi connectivity index (χ0v) is 17.1. The van der Waals surface area contributed by atoms with Crippen molar-refractivity contribution in [1.29, 1.82) is 0 Å². The van der Waals surface area contributed by atoms with Crippen LogP contribution in [0.4, 0.5) is 0 Å². The van der Waals surface area contributed by atoms with Gasteiger partial charge in [-0.2, -0.15) is 0 Å². The van der Waals surface area contributed by atoms with Gasteiger partial charge < -0.3 is 9.64 Å². The molecule has 5 rings (SSSR count). The number of carbonyl (C=O) groups is 1. The molecule has 1 amide bonds. The molecule has 0 bridgehead atoms. The maximum atomic E-state index is 13.0. The molecule has 0 aliphatic carbocycles. The fourth-order valence-electron chi connectivity index (χ4n) is 4.12. The fraction of sp³-hybridized carbons (Fsp3) is 0.381. The summed E-state index contributed by atoms with van der Waals surface area (Å²) in [7, 11) is 0. The number of likely N-dealkylation sites (tertiary alicyclic amines) is 1. The van der Waals surface area contributed by atoms with E-state index in [2.05, 4.69) is 23.0 Å². The van der Waals surface area contributed by atoms with Crippen molar-refractivity contribution in [3.8, 4) is 17.0 Å². The Morgan fingerprint density at radius 1 is 1.21 bits per heavy atom. The SMILES string of the molecule is Cc1cc2ncnc(-c3cc(Cl)cc4c3OC(C(=O)N3CCCCC3)C4)c2s1. The van der Waals surface area contributed by atoms with Gasteiger partial charge in [-0.15, -0.1) is 11.3 Å². The number of piperidine rings is 1. The van der Waals surface area contributed by atoms with Crippen LogP contribution in [-0.2, 0) is 11.2 Å². The first-order chi connectivity index (χ1) is 13.6. The number of rotatable bonds is 2. The zero-order valence-electron chi connectivity index (χ0n) is 15.6. The Kier molecular flexibility index (Phi) is 4.48. The monoisotopic (exact) mass is 413 g/mol. The van der Waals surface area contributed by atoms with Crippen molar-refractivity contribution in [2.24, 2.45) is 0 Å². The number of ether oxygens (including phenoxy) is 1. The number of aromatic nitrogens is 2. The van der Waals surface area contributed by atoms with Crippen molar-refractivity contribution in [1.82, 2.24) is 14.9 Å². The van der Waals surface area contributed by atoms with Crippen LogP contribution in [0.15, 0.2) is 24.5 Å². The highest BCUT2D eigenvalue weighted by Crippen LogP contribution is 2.43. The standard InChI is InChI=1S/C21H20ClN3O2S/c1-12-7-16-20(28-12)18(24-11-23-16)15-10-14(22)8-13-9-17(27-19(13)15)21(26)25-5-3-2-4-6-25/h7-8,10-11,17H,2-6,9H2,1H3. The molecule has 1 atom stereocenters. The molecule has 0 radical (unpaired) electrons. The highest BCUT2D eigenvalue weighted by molar-refractivity contribution is 7.19. The summed E-state index contributed by atoms with van der Waals surface area (Å²) in [6.07, 6.45) is 4.98. The highest BCUT2D eigenvalue weighted by atomic mass is 35.5. The molecule has 0 saturated carbocycles. The first-order valence-electron chi connectivity index (χ1n) is 9.59. The Balaban J connectivity index is 1.54. The fourth-order valence-corrected chi connectivity index (χ4v) is 5.33. The third-order valence-electron chi connectivity index (χ3n) is 5.43. The van der Waals surface area contributed by atoms with Gasteiger partial charge in [0.25, 0.3) is 5.91 Å². The van der Waals surface area contributed by atoms with Crippen molar-refractivity contribution < 1.29 is 9.53 Å². The van der Waals surface area contributed by atoms with E-state index in [4.69, 9.17) is 16.3 Å². The van der Waals surface area contributed by atoms with Crippen LogP contribution in [0.1, 0.15) is 29.7 Å².